The summed E-state index contributed by atoms with van der Waals surface area (Å²) in [5.74, 6) is 0.774. The minimum Gasteiger partial charge on any atom is -0.497 e. The zero-order valence-electron chi connectivity index (χ0n) is 14.3. The summed E-state index contributed by atoms with van der Waals surface area (Å²) in [6, 6.07) is 11.5. The molecule has 2 aromatic carbocycles. The van der Waals surface area contributed by atoms with E-state index in [2.05, 4.69) is 10.2 Å². The number of halogens is 3. The second-order valence-electron chi connectivity index (χ2n) is 6.43. The number of ether oxygens (including phenoxy) is 1. The molecular formula is C19H23F3N2O. The number of nitrogens with one attached hydrogen (secondary N) is 1. The predicted octanol–water partition coefficient (Wildman–Crippen LogP) is 4.14. The van der Waals surface area contributed by atoms with Gasteiger partial charge in [-0.25, -0.2) is 0 Å². The van der Waals surface area contributed by atoms with Crippen molar-refractivity contribution in [3.05, 3.63) is 42.0 Å². The molecular weight excluding hydrogens is 329 g/mol. The van der Waals surface area contributed by atoms with Crippen LogP contribution in [0.15, 0.2) is 36.4 Å². The maximum Gasteiger partial charge on any atom is 0.389 e. The molecule has 0 bridgehead atoms. The van der Waals surface area contributed by atoms with Crippen LogP contribution in [-0.4, -0.2) is 44.4 Å². The monoisotopic (exact) mass is 352 g/mol. The van der Waals surface area contributed by atoms with Gasteiger partial charge in [0.25, 0.3) is 0 Å². The summed E-state index contributed by atoms with van der Waals surface area (Å²) in [5.41, 5.74) is 0.948. The van der Waals surface area contributed by atoms with Crippen LogP contribution in [0.2, 0.25) is 0 Å². The molecule has 1 aliphatic rings. The van der Waals surface area contributed by atoms with Gasteiger partial charge in [0, 0.05) is 38.6 Å². The molecule has 0 aliphatic carbocycles. The molecule has 1 saturated heterocycles. The van der Waals surface area contributed by atoms with E-state index in [0.717, 1.165) is 48.3 Å². The van der Waals surface area contributed by atoms with E-state index in [-0.39, 0.29) is 12.5 Å². The van der Waals surface area contributed by atoms with Crippen LogP contribution in [0.1, 0.15) is 24.4 Å². The predicted molar refractivity (Wildman–Crippen MR) is 93.0 cm³/mol. The summed E-state index contributed by atoms with van der Waals surface area (Å²) < 4.78 is 43.6. The third kappa shape index (κ3) is 4.64. The second kappa shape index (κ2) is 7.62. The van der Waals surface area contributed by atoms with Gasteiger partial charge in [-0.2, -0.15) is 13.2 Å². The Kier molecular flexibility index (Phi) is 5.49. The molecule has 0 unspecified atom stereocenters. The van der Waals surface area contributed by atoms with Crippen LogP contribution >= 0.6 is 0 Å². The Morgan fingerprint density at radius 1 is 1.08 bits per heavy atom. The van der Waals surface area contributed by atoms with Gasteiger partial charge in [0.2, 0.25) is 0 Å². The molecule has 0 radical (unpaired) electrons. The van der Waals surface area contributed by atoms with Gasteiger partial charge in [0.05, 0.1) is 7.11 Å². The Labute approximate surface area is 145 Å². The molecule has 136 valence electrons. The van der Waals surface area contributed by atoms with Crippen LogP contribution in [0.4, 0.5) is 13.2 Å². The minimum absolute atomic E-state index is 0.0885. The van der Waals surface area contributed by atoms with Crippen molar-refractivity contribution < 1.29 is 17.9 Å². The first-order valence-electron chi connectivity index (χ1n) is 8.55. The normalized spacial score (nSPS) is 17.6. The van der Waals surface area contributed by atoms with Gasteiger partial charge < -0.3 is 10.1 Å². The number of nitrogens with zero attached hydrogens (tertiary/aromatic N) is 1. The molecule has 3 nitrogen and oxygen atoms in total. The summed E-state index contributed by atoms with van der Waals surface area (Å²) in [5, 5.41) is 5.30. The fourth-order valence-corrected chi connectivity index (χ4v) is 3.43. The Hall–Kier alpha value is -1.79. The molecule has 1 heterocycles. The SMILES string of the molecule is COc1ccc2cc([C@@H](CCC(F)(F)F)N3CCNCC3)ccc2c1. The third-order valence-electron chi connectivity index (χ3n) is 4.75. The molecule has 25 heavy (non-hydrogen) atoms. The molecule has 0 amide bonds. The smallest absolute Gasteiger partial charge is 0.389 e. The number of hydrogen-bond acceptors (Lipinski definition) is 3. The van der Waals surface area contributed by atoms with E-state index in [1.165, 1.54) is 0 Å². The minimum atomic E-state index is -4.13. The van der Waals surface area contributed by atoms with E-state index in [1.807, 2.05) is 36.4 Å². The van der Waals surface area contributed by atoms with Crippen LogP contribution in [-0.2, 0) is 0 Å². The van der Waals surface area contributed by atoms with E-state index in [0.29, 0.717) is 0 Å². The zero-order chi connectivity index (χ0) is 17.9. The van der Waals surface area contributed by atoms with Crippen molar-refractivity contribution in [1.29, 1.82) is 0 Å². The molecule has 3 rings (SSSR count). The average molecular weight is 352 g/mol. The number of benzene rings is 2. The van der Waals surface area contributed by atoms with Crippen molar-refractivity contribution in [3.8, 4) is 5.75 Å². The van der Waals surface area contributed by atoms with Crippen LogP contribution in [0.5, 0.6) is 5.75 Å². The van der Waals surface area contributed by atoms with E-state index >= 15 is 0 Å². The highest BCUT2D eigenvalue weighted by atomic mass is 19.4. The quantitative estimate of drug-likeness (QED) is 0.875. The number of fused-ring (bicyclic) bond motifs is 1. The van der Waals surface area contributed by atoms with Crippen LogP contribution < -0.4 is 10.1 Å². The Bertz CT molecular complexity index is 711. The van der Waals surface area contributed by atoms with Gasteiger partial charge in [-0.15, -0.1) is 0 Å². The van der Waals surface area contributed by atoms with Gasteiger partial charge >= 0.3 is 6.18 Å². The van der Waals surface area contributed by atoms with Crippen molar-refractivity contribution in [3.63, 3.8) is 0 Å². The Morgan fingerprint density at radius 3 is 2.44 bits per heavy atom. The second-order valence-corrected chi connectivity index (χ2v) is 6.43. The molecule has 1 fully saturated rings. The lowest BCUT2D eigenvalue weighted by atomic mass is 9.96. The van der Waals surface area contributed by atoms with E-state index in [4.69, 9.17) is 4.74 Å². The average Bonchev–Trinajstić information content (AvgIpc) is 2.61. The summed E-state index contributed by atoms with van der Waals surface area (Å²) in [6.07, 6.45) is -4.80. The number of methoxy groups -OCH3 is 1. The lowest BCUT2D eigenvalue weighted by Crippen LogP contribution is -2.45. The number of hydrogen-bond donors (Lipinski definition) is 1. The van der Waals surface area contributed by atoms with Gasteiger partial charge in [-0.05, 0) is 41.0 Å². The van der Waals surface area contributed by atoms with Crippen molar-refractivity contribution in [1.82, 2.24) is 10.2 Å². The summed E-state index contributed by atoms with van der Waals surface area (Å²) in [6.45, 7) is 3.16. The first-order chi connectivity index (χ1) is 12.0. The van der Waals surface area contributed by atoms with Gasteiger partial charge in [0.1, 0.15) is 5.75 Å². The van der Waals surface area contributed by atoms with Crippen molar-refractivity contribution in [2.75, 3.05) is 33.3 Å². The largest absolute Gasteiger partial charge is 0.497 e. The first kappa shape index (κ1) is 18.0. The summed E-state index contributed by atoms with van der Waals surface area (Å²) in [4.78, 5) is 2.16. The molecule has 1 N–H and O–H groups in total. The standard InChI is InChI=1S/C19H23F3N2O/c1-25-17-5-4-14-12-16(3-2-15(14)13-17)18(6-7-19(20,21)22)24-10-8-23-9-11-24/h2-5,12-13,18,23H,6-11H2,1H3/t18-/m1/s1. The summed E-state index contributed by atoms with van der Waals surface area (Å²) in [7, 11) is 1.62. The van der Waals surface area contributed by atoms with E-state index in [1.54, 1.807) is 7.11 Å². The molecule has 2 aromatic rings. The van der Waals surface area contributed by atoms with Crippen LogP contribution in [0, 0.1) is 0 Å². The highest BCUT2D eigenvalue weighted by Gasteiger charge is 2.31. The molecule has 0 aromatic heterocycles. The fraction of sp³-hybridized carbons (Fsp3) is 0.474. The number of piperazine rings is 1. The first-order valence-corrected chi connectivity index (χ1v) is 8.55. The zero-order valence-corrected chi connectivity index (χ0v) is 14.3. The topological polar surface area (TPSA) is 24.5 Å². The number of rotatable bonds is 5. The fourth-order valence-electron chi connectivity index (χ4n) is 3.43. The molecule has 6 heteroatoms. The van der Waals surface area contributed by atoms with E-state index in [9.17, 15) is 13.2 Å². The van der Waals surface area contributed by atoms with Gasteiger partial charge in [-0.3, -0.25) is 4.90 Å². The molecule has 0 saturated carbocycles. The van der Waals surface area contributed by atoms with Crippen LogP contribution in [0.25, 0.3) is 10.8 Å². The maximum absolute atomic E-state index is 12.8. The Morgan fingerprint density at radius 2 is 1.76 bits per heavy atom. The number of alkyl halides is 3. The third-order valence-corrected chi connectivity index (χ3v) is 4.75. The maximum atomic E-state index is 12.8. The van der Waals surface area contributed by atoms with Crippen molar-refractivity contribution in [2.24, 2.45) is 0 Å². The van der Waals surface area contributed by atoms with E-state index < -0.39 is 12.6 Å². The summed E-state index contributed by atoms with van der Waals surface area (Å²) >= 11 is 0. The molecule has 0 spiro atoms. The lowest BCUT2D eigenvalue weighted by molar-refractivity contribution is -0.138. The highest BCUT2D eigenvalue weighted by molar-refractivity contribution is 5.84. The van der Waals surface area contributed by atoms with Gasteiger partial charge in [0.15, 0.2) is 0 Å². The van der Waals surface area contributed by atoms with Crippen molar-refractivity contribution in [2.45, 2.75) is 25.1 Å². The lowest BCUT2D eigenvalue weighted by Gasteiger charge is -2.35. The Balaban J connectivity index is 1.89. The molecule has 1 aliphatic heterocycles. The highest BCUT2D eigenvalue weighted by Crippen LogP contribution is 2.33. The molecule has 1 atom stereocenters. The van der Waals surface area contributed by atoms with Crippen LogP contribution in [0.3, 0.4) is 0 Å². The van der Waals surface area contributed by atoms with Crippen molar-refractivity contribution >= 4 is 10.8 Å². The van der Waals surface area contributed by atoms with Gasteiger partial charge in [-0.1, -0.05) is 18.2 Å².